The van der Waals surface area contributed by atoms with Gasteiger partial charge in [0.25, 0.3) is 0 Å². The summed E-state index contributed by atoms with van der Waals surface area (Å²) in [7, 11) is -1.20. The number of sulfone groups is 1. The molecule has 2 saturated heterocycles. The Morgan fingerprint density at radius 1 is 1.40 bits per heavy atom. The van der Waals surface area contributed by atoms with E-state index in [0.29, 0.717) is 30.6 Å². The number of amides is 1. The molecule has 2 unspecified atom stereocenters. The number of carbonyl (C=O) groups is 1. The van der Waals surface area contributed by atoms with Gasteiger partial charge in [-0.05, 0) is 12.3 Å². The number of thioether (sulfide) groups is 1. The summed E-state index contributed by atoms with van der Waals surface area (Å²) < 4.78 is 22.9. The van der Waals surface area contributed by atoms with E-state index >= 15 is 0 Å². The van der Waals surface area contributed by atoms with Crippen LogP contribution in [0.3, 0.4) is 0 Å². The Kier molecular flexibility index (Phi) is 7.42. The predicted molar refractivity (Wildman–Crippen MR) is 104 cm³/mol. The first-order valence-electron chi connectivity index (χ1n) is 8.87. The Morgan fingerprint density at radius 2 is 2.16 bits per heavy atom. The number of nitrogens with one attached hydrogen (secondary N) is 2. The van der Waals surface area contributed by atoms with E-state index in [1.807, 2.05) is 11.8 Å². The maximum Gasteiger partial charge on any atom is 0.222 e. The van der Waals surface area contributed by atoms with Crippen LogP contribution in [0.5, 0.6) is 0 Å². The topological polar surface area (TPSA) is 90.9 Å². The molecule has 25 heavy (non-hydrogen) atoms. The second-order valence-electron chi connectivity index (χ2n) is 6.99. The summed E-state index contributed by atoms with van der Waals surface area (Å²) in [5, 5.41) is 6.67. The van der Waals surface area contributed by atoms with E-state index in [1.165, 1.54) is 0 Å². The largest absolute Gasteiger partial charge is 0.356 e. The smallest absolute Gasteiger partial charge is 0.222 e. The number of hydrogen-bond donors (Lipinski definition) is 2. The fourth-order valence-corrected chi connectivity index (χ4v) is 6.07. The van der Waals surface area contributed by atoms with Crippen LogP contribution >= 0.6 is 11.8 Å². The molecule has 2 rings (SSSR count). The Labute approximate surface area is 155 Å². The van der Waals surface area contributed by atoms with Gasteiger partial charge in [-0.2, -0.15) is 11.8 Å². The Balaban J connectivity index is 1.73. The molecular formula is C16H30N4O3S2. The molecule has 7 nitrogen and oxygen atoms in total. The van der Waals surface area contributed by atoms with Crippen LogP contribution in [-0.2, 0) is 14.6 Å². The number of guanidine groups is 1. The van der Waals surface area contributed by atoms with Crippen molar-refractivity contribution < 1.29 is 13.2 Å². The molecule has 0 radical (unpaired) electrons. The molecule has 0 saturated carbocycles. The van der Waals surface area contributed by atoms with Crippen LogP contribution in [0.2, 0.25) is 0 Å². The first kappa shape index (κ1) is 20.4. The summed E-state index contributed by atoms with van der Waals surface area (Å²) in [5.74, 6) is 2.67. The number of rotatable bonds is 5. The van der Waals surface area contributed by atoms with Crippen molar-refractivity contribution in [1.29, 1.82) is 0 Å². The fourth-order valence-electron chi connectivity index (χ4n) is 3.10. The van der Waals surface area contributed by atoms with Gasteiger partial charge < -0.3 is 15.5 Å². The summed E-state index contributed by atoms with van der Waals surface area (Å²) in [6.07, 6.45) is 0.830. The molecule has 2 aliphatic heterocycles. The lowest BCUT2D eigenvalue weighted by molar-refractivity contribution is -0.121. The summed E-state index contributed by atoms with van der Waals surface area (Å²) in [5.41, 5.74) is 0. The number of nitrogens with zero attached hydrogens (tertiary/aromatic N) is 2. The first-order valence-corrected chi connectivity index (χ1v) is 11.7. The van der Waals surface area contributed by atoms with Gasteiger partial charge in [-0.15, -0.1) is 0 Å². The molecule has 0 aromatic heterocycles. The number of hydrogen-bond acceptors (Lipinski definition) is 5. The van der Waals surface area contributed by atoms with E-state index in [0.717, 1.165) is 24.8 Å². The zero-order valence-electron chi connectivity index (χ0n) is 15.3. The zero-order chi connectivity index (χ0) is 18.4. The molecule has 2 heterocycles. The average molecular weight is 391 g/mol. The quantitative estimate of drug-likeness (QED) is 0.519. The summed E-state index contributed by atoms with van der Waals surface area (Å²) >= 11 is 2.01. The monoisotopic (exact) mass is 390 g/mol. The molecule has 2 fully saturated rings. The van der Waals surface area contributed by atoms with Crippen LogP contribution in [0, 0.1) is 5.92 Å². The minimum absolute atomic E-state index is 0.0653. The number of carbonyl (C=O) groups excluding carboxylic acids is 1. The first-order chi connectivity index (χ1) is 11.8. The van der Waals surface area contributed by atoms with Crippen LogP contribution in [-0.4, -0.2) is 80.4 Å². The van der Waals surface area contributed by atoms with Crippen LogP contribution in [0.15, 0.2) is 4.99 Å². The molecule has 0 bridgehead atoms. The van der Waals surface area contributed by atoms with Crippen LogP contribution in [0.4, 0.5) is 0 Å². The average Bonchev–Trinajstić information content (AvgIpc) is 2.90. The molecule has 2 N–H and O–H groups in total. The highest BCUT2D eigenvalue weighted by Crippen LogP contribution is 2.24. The molecule has 0 aromatic rings. The van der Waals surface area contributed by atoms with Crippen molar-refractivity contribution in [3.63, 3.8) is 0 Å². The Morgan fingerprint density at radius 3 is 2.76 bits per heavy atom. The van der Waals surface area contributed by atoms with E-state index in [1.54, 1.807) is 7.05 Å². The molecule has 1 amide bonds. The highest BCUT2D eigenvalue weighted by molar-refractivity contribution is 8.00. The summed E-state index contributed by atoms with van der Waals surface area (Å²) in [4.78, 5) is 18.6. The van der Waals surface area contributed by atoms with Crippen molar-refractivity contribution in [3.05, 3.63) is 0 Å². The molecule has 0 aromatic carbocycles. The zero-order valence-corrected chi connectivity index (χ0v) is 17.0. The van der Waals surface area contributed by atoms with E-state index in [4.69, 9.17) is 0 Å². The lowest BCUT2D eigenvalue weighted by Crippen LogP contribution is -2.49. The second-order valence-corrected chi connectivity index (χ2v) is 10.6. The van der Waals surface area contributed by atoms with Crippen molar-refractivity contribution in [2.45, 2.75) is 38.0 Å². The van der Waals surface area contributed by atoms with Gasteiger partial charge in [0, 0.05) is 50.1 Å². The van der Waals surface area contributed by atoms with E-state index < -0.39 is 9.84 Å². The van der Waals surface area contributed by atoms with Gasteiger partial charge in [0.05, 0.1) is 11.5 Å². The van der Waals surface area contributed by atoms with Crippen LogP contribution < -0.4 is 10.6 Å². The molecule has 9 heteroatoms. The third-order valence-electron chi connectivity index (χ3n) is 4.58. The van der Waals surface area contributed by atoms with E-state index in [-0.39, 0.29) is 23.5 Å². The van der Waals surface area contributed by atoms with Crippen molar-refractivity contribution in [2.24, 2.45) is 10.9 Å². The highest BCUT2D eigenvalue weighted by Gasteiger charge is 2.29. The summed E-state index contributed by atoms with van der Waals surface area (Å²) in [6, 6.07) is -0.234. The molecule has 144 valence electrons. The fraction of sp³-hybridized carbons (Fsp3) is 0.875. The third kappa shape index (κ3) is 6.36. The van der Waals surface area contributed by atoms with Crippen molar-refractivity contribution in [1.82, 2.24) is 15.5 Å². The van der Waals surface area contributed by atoms with Gasteiger partial charge in [0.15, 0.2) is 15.8 Å². The van der Waals surface area contributed by atoms with Gasteiger partial charge in [-0.1, -0.05) is 13.8 Å². The van der Waals surface area contributed by atoms with Gasteiger partial charge in [-0.3, -0.25) is 9.79 Å². The minimum atomic E-state index is -2.96. The molecule has 2 aliphatic rings. The lowest BCUT2D eigenvalue weighted by atomic mass is 10.1. The molecular weight excluding hydrogens is 360 g/mol. The van der Waals surface area contributed by atoms with Gasteiger partial charge in [0.2, 0.25) is 5.91 Å². The Hall–Kier alpha value is -0.960. The maximum atomic E-state index is 12.0. The van der Waals surface area contributed by atoms with E-state index in [2.05, 4.69) is 34.4 Å². The van der Waals surface area contributed by atoms with Crippen molar-refractivity contribution in [2.75, 3.05) is 43.9 Å². The van der Waals surface area contributed by atoms with Gasteiger partial charge in [-0.25, -0.2) is 8.42 Å². The van der Waals surface area contributed by atoms with E-state index in [9.17, 15) is 13.2 Å². The standard InChI is InChI=1S/C16H30N4O3S2/c1-12(2)14-10-20(7-8-24-14)16(17-3)18-6-4-15(21)19-13-5-9-25(22,23)11-13/h12-14H,4-11H2,1-3H3,(H,17,18)(H,19,21). The second kappa shape index (κ2) is 9.12. The minimum Gasteiger partial charge on any atom is -0.356 e. The predicted octanol–water partition coefficient (Wildman–Crippen LogP) is 0.329. The highest BCUT2D eigenvalue weighted by atomic mass is 32.2. The van der Waals surface area contributed by atoms with Crippen molar-refractivity contribution in [3.8, 4) is 0 Å². The van der Waals surface area contributed by atoms with Crippen LogP contribution in [0.1, 0.15) is 26.7 Å². The van der Waals surface area contributed by atoms with Gasteiger partial charge >= 0.3 is 0 Å². The van der Waals surface area contributed by atoms with Crippen molar-refractivity contribution >= 4 is 33.5 Å². The summed E-state index contributed by atoms with van der Waals surface area (Å²) in [6.45, 7) is 6.90. The Bertz CT molecular complexity index is 592. The normalized spacial score (nSPS) is 26.7. The SMILES string of the molecule is CN=C(NCCC(=O)NC1CCS(=O)(=O)C1)N1CCSC(C(C)C)C1. The molecule has 0 spiro atoms. The lowest BCUT2D eigenvalue weighted by Gasteiger charge is -2.36. The molecule has 0 aliphatic carbocycles. The van der Waals surface area contributed by atoms with Crippen LogP contribution in [0.25, 0.3) is 0 Å². The molecule has 2 atom stereocenters. The third-order valence-corrected chi connectivity index (χ3v) is 7.89. The number of aliphatic imine (C=N–C) groups is 1. The maximum absolute atomic E-state index is 12.0. The van der Waals surface area contributed by atoms with Gasteiger partial charge in [0.1, 0.15) is 0 Å².